The van der Waals surface area contributed by atoms with E-state index in [0.29, 0.717) is 11.4 Å². The predicted octanol–water partition coefficient (Wildman–Crippen LogP) is 2.15. The molecule has 2 aromatic rings. The zero-order valence-corrected chi connectivity index (χ0v) is 10.4. The highest BCUT2D eigenvalue weighted by molar-refractivity contribution is 9.10. The van der Waals surface area contributed by atoms with E-state index in [9.17, 15) is 9.70 Å². The molecule has 0 saturated heterocycles. The van der Waals surface area contributed by atoms with Gasteiger partial charge in [-0.25, -0.2) is 4.98 Å². The van der Waals surface area contributed by atoms with Gasteiger partial charge in [-0.05, 0) is 28.1 Å². The largest absolute Gasteiger partial charge is 0.328 e. The number of aromatic nitrogens is 3. The minimum Gasteiger partial charge on any atom is -0.328 e. The lowest BCUT2D eigenvalue weighted by atomic mass is 10.2. The highest BCUT2D eigenvalue weighted by Gasteiger charge is 2.12. The van der Waals surface area contributed by atoms with Crippen LogP contribution in [0.5, 0.6) is 0 Å². The number of hydrogen-bond donors (Lipinski definition) is 0. The Morgan fingerprint density at radius 1 is 1.47 bits per heavy atom. The maximum absolute atomic E-state index is 11.1. The van der Waals surface area contributed by atoms with Crippen LogP contribution in [-0.2, 0) is 7.05 Å². The first kappa shape index (κ1) is 11.6. The fourth-order valence-electron chi connectivity index (χ4n) is 1.33. The number of nitrogens with zero attached hydrogens (tertiary/aromatic N) is 4. The molecular formula is C10H7BrN4O2. The van der Waals surface area contributed by atoms with Crippen LogP contribution < -0.4 is 0 Å². The molecular weight excluding hydrogens is 288 g/mol. The molecule has 0 spiro atoms. The lowest BCUT2D eigenvalue weighted by Gasteiger charge is -1.99. The van der Waals surface area contributed by atoms with Crippen molar-refractivity contribution in [3.8, 4) is 11.4 Å². The molecule has 2 heterocycles. The van der Waals surface area contributed by atoms with Crippen molar-refractivity contribution in [1.82, 2.24) is 14.5 Å². The molecule has 7 heteroatoms. The highest BCUT2D eigenvalue weighted by atomic mass is 79.9. The summed E-state index contributed by atoms with van der Waals surface area (Å²) in [5.74, 6) is -0.819. The molecule has 2 aromatic heterocycles. The van der Waals surface area contributed by atoms with Gasteiger partial charge in [0.1, 0.15) is 10.3 Å². The van der Waals surface area contributed by atoms with Crippen molar-refractivity contribution >= 4 is 21.8 Å². The summed E-state index contributed by atoms with van der Waals surface area (Å²) in [5.41, 5.74) is 1.31. The SMILES string of the molecule is Cn1cnc(-c2cc(C(=O)N=O)ccn2)c1Br. The fraction of sp³-hybridized carbons (Fsp3) is 0.100. The van der Waals surface area contributed by atoms with Crippen molar-refractivity contribution in [2.45, 2.75) is 0 Å². The predicted molar refractivity (Wildman–Crippen MR) is 64.3 cm³/mol. The third-order valence-corrected chi connectivity index (χ3v) is 3.13. The van der Waals surface area contributed by atoms with Gasteiger partial charge in [0.25, 0.3) is 0 Å². The van der Waals surface area contributed by atoms with E-state index in [2.05, 4.69) is 31.1 Å². The second-order valence-corrected chi connectivity index (χ2v) is 4.07. The number of aryl methyl sites for hydroxylation is 1. The first-order valence-corrected chi connectivity index (χ1v) is 5.43. The summed E-state index contributed by atoms with van der Waals surface area (Å²) in [6, 6.07) is 2.92. The van der Waals surface area contributed by atoms with Crippen LogP contribution in [-0.4, -0.2) is 20.4 Å². The molecule has 0 fully saturated rings. The summed E-state index contributed by atoms with van der Waals surface area (Å²) in [5, 5.41) is 2.37. The van der Waals surface area contributed by atoms with Crippen LogP contribution in [0.25, 0.3) is 11.4 Å². The monoisotopic (exact) mass is 294 g/mol. The van der Waals surface area contributed by atoms with Gasteiger partial charge in [0.2, 0.25) is 0 Å². The standard InChI is InChI=1S/C10H7BrN4O2/c1-15-5-13-8(9(15)11)7-4-6(2-3-12-7)10(16)14-17/h2-5H,1H3. The van der Waals surface area contributed by atoms with Crippen molar-refractivity contribution in [2.75, 3.05) is 0 Å². The van der Waals surface area contributed by atoms with Crippen molar-refractivity contribution in [3.05, 3.63) is 39.7 Å². The summed E-state index contributed by atoms with van der Waals surface area (Å²) in [4.78, 5) is 29.6. The minimum atomic E-state index is -0.819. The topological polar surface area (TPSA) is 77.2 Å². The Balaban J connectivity index is 2.50. The summed E-state index contributed by atoms with van der Waals surface area (Å²) >= 11 is 3.36. The first-order valence-electron chi connectivity index (χ1n) is 4.64. The molecule has 0 aliphatic heterocycles. The molecule has 0 saturated carbocycles. The van der Waals surface area contributed by atoms with Gasteiger partial charge < -0.3 is 4.57 Å². The molecule has 1 amide bonds. The van der Waals surface area contributed by atoms with Crippen LogP contribution in [0, 0.1) is 4.91 Å². The van der Waals surface area contributed by atoms with E-state index in [1.807, 2.05) is 7.05 Å². The summed E-state index contributed by atoms with van der Waals surface area (Å²) in [7, 11) is 1.82. The number of carbonyl (C=O) groups is 1. The van der Waals surface area contributed by atoms with Crippen molar-refractivity contribution in [1.29, 1.82) is 0 Å². The Kier molecular flexibility index (Phi) is 3.10. The summed E-state index contributed by atoms with van der Waals surface area (Å²) < 4.78 is 2.51. The molecule has 2 rings (SSSR count). The molecule has 0 aromatic carbocycles. The van der Waals surface area contributed by atoms with Crippen molar-refractivity contribution in [3.63, 3.8) is 0 Å². The van der Waals surface area contributed by atoms with Gasteiger partial charge in [-0.1, -0.05) is 0 Å². The van der Waals surface area contributed by atoms with Gasteiger partial charge in [-0.2, -0.15) is 0 Å². The number of hydrogen-bond acceptors (Lipinski definition) is 4. The lowest BCUT2D eigenvalue weighted by molar-refractivity contribution is 0.100. The second kappa shape index (κ2) is 4.54. The average molecular weight is 295 g/mol. The van der Waals surface area contributed by atoms with Crippen molar-refractivity contribution < 1.29 is 4.79 Å². The number of rotatable bonds is 2. The van der Waals surface area contributed by atoms with Crippen LogP contribution in [0.15, 0.2) is 34.4 Å². The van der Waals surface area contributed by atoms with Crippen LogP contribution in [0.1, 0.15) is 10.4 Å². The minimum absolute atomic E-state index is 0.197. The molecule has 0 aliphatic carbocycles. The van der Waals surface area contributed by atoms with Crippen molar-refractivity contribution in [2.24, 2.45) is 12.2 Å². The molecule has 0 atom stereocenters. The van der Waals surface area contributed by atoms with Gasteiger partial charge in [-0.15, -0.1) is 4.91 Å². The number of imidazole rings is 1. The van der Waals surface area contributed by atoms with E-state index < -0.39 is 5.91 Å². The molecule has 0 unspecified atom stereocenters. The van der Waals surface area contributed by atoms with E-state index >= 15 is 0 Å². The quantitative estimate of drug-likeness (QED) is 0.795. The number of carbonyl (C=O) groups excluding carboxylic acids is 1. The second-order valence-electron chi connectivity index (χ2n) is 3.32. The maximum atomic E-state index is 11.1. The highest BCUT2D eigenvalue weighted by Crippen LogP contribution is 2.25. The van der Waals surface area contributed by atoms with E-state index in [0.717, 1.165) is 4.60 Å². The van der Waals surface area contributed by atoms with Gasteiger partial charge in [0.15, 0.2) is 0 Å². The Bertz CT molecular complexity index is 594. The molecule has 0 bridgehead atoms. The third kappa shape index (κ3) is 2.14. The Hall–Kier alpha value is -1.89. The molecule has 0 aliphatic rings. The number of halogens is 1. The van der Waals surface area contributed by atoms with E-state index in [1.54, 1.807) is 10.9 Å². The zero-order valence-electron chi connectivity index (χ0n) is 8.79. The van der Waals surface area contributed by atoms with Crippen LogP contribution in [0.2, 0.25) is 0 Å². The molecule has 0 radical (unpaired) electrons. The smallest absolute Gasteiger partial charge is 0.316 e. The van der Waals surface area contributed by atoms with Crippen LogP contribution >= 0.6 is 15.9 Å². The van der Waals surface area contributed by atoms with Gasteiger partial charge >= 0.3 is 5.91 Å². The van der Waals surface area contributed by atoms with Gasteiger partial charge in [0.05, 0.1) is 12.0 Å². The van der Waals surface area contributed by atoms with Gasteiger partial charge in [0, 0.05) is 24.0 Å². The Labute approximate surface area is 105 Å². The lowest BCUT2D eigenvalue weighted by Crippen LogP contribution is -1.95. The van der Waals surface area contributed by atoms with Gasteiger partial charge in [-0.3, -0.25) is 9.78 Å². The van der Waals surface area contributed by atoms with E-state index in [4.69, 9.17) is 0 Å². The molecule has 17 heavy (non-hydrogen) atoms. The number of nitroso groups, excluding NO2 is 1. The maximum Gasteiger partial charge on any atom is 0.316 e. The number of amides is 1. The molecule has 6 nitrogen and oxygen atoms in total. The normalized spacial score (nSPS) is 10.2. The number of pyridine rings is 1. The average Bonchev–Trinajstić information content (AvgIpc) is 2.69. The van der Waals surface area contributed by atoms with E-state index in [-0.39, 0.29) is 5.56 Å². The van der Waals surface area contributed by atoms with E-state index in [1.165, 1.54) is 18.3 Å². The molecule has 86 valence electrons. The third-order valence-electron chi connectivity index (χ3n) is 2.20. The fourth-order valence-corrected chi connectivity index (χ4v) is 1.73. The first-order chi connectivity index (χ1) is 8.13. The zero-order chi connectivity index (χ0) is 12.4. The summed E-state index contributed by atoms with van der Waals surface area (Å²) in [6.45, 7) is 0. The molecule has 0 N–H and O–H groups in total. The summed E-state index contributed by atoms with van der Waals surface area (Å²) in [6.07, 6.45) is 3.06. The Morgan fingerprint density at radius 3 is 2.82 bits per heavy atom. The Morgan fingerprint density at radius 2 is 2.24 bits per heavy atom. The van der Waals surface area contributed by atoms with Crippen LogP contribution in [0.4, 0.5) is 0 Å². The van der Waals surface area contributed by atoms with Crippen LogP contribution in [0.3, 0.4) is 0 Å².